The number of thiophene rings is 1. The third-order valence-corrected chi connectivity index (χ3v) is 5.43. The van der Waals surface area contributed by atoms with Crippen molar-refractivity contribution in [3.05, 3.63) is 55.7 Å². The van der Waals surface area contributed by atoms with Gasteiger partial charge in [-0.25, -0.2) is 0 Å². The van der Waals surface area contributed by atoms with Crippen LogP contribution in [0.25, 0.3) is 0 Å². The lowest BCUT2D eigenvalue weighted by Crippen LogP contribution is -2.34. The van der Waals surface area contributed by atoms with Crippen molar-refractivity contribution in [1.29, 1.82) is 0 Å². The molecule has 5 nitrogen and oxygen atoms in total. The van der Waals surface area contributed by atoms with Crippen LogP contribution < -0.4 is 5.32 Å². The normalized spacial score (nSPS) is 17.3. The third kappa shape index (κ3) is 3.46. The Bertz CT molecular complexity index is 736. The summed E-state index contributed by atoms with van der Waals surface area (Å²) in [5.74, 6) is 0. The van der Waals surface area contributed by atoms with Crippen LogP contribution in [-0.2, 0) is 0 Å². The fourth-order valence-corrected chi connectivity index (χ4v) is 4.06. The first-order valence-corrected chi connectivity index (χ1v) is 8.78. The Morgan fingerprint density at radius 3 is 3.00 bits per heavy atom. The second kappa shape index (κ2) is 6.82. The molecule has 2 heterocycles. The van der Waals surface area contributed by atoms with Crippen LogP contribution in [-0.4, -0.2) is 21.5 Å². The van der Waals surface area contributed by atoms with E-state index in [1.165, 1.54) is 23.1 Å². The molecule has 1 saturated heterocycles. The molecule has 0 spiro atoms. The number of likely N-dealkylation sites (tertiary alicyclic amines) is 1. The molecule has 1 atom stereocenters. The molecule has 2 aromatic rings. The molecule has 0 bridgehead atoms. The Kier molecular flexibility index (Phi) is 4.79. The van der Waals surface area contributed by atoms with E-state index in [0.29, 0.717) is 15.8 Å². The molecule has 0 radical (unpaired) electrons. The van der Waals surface area contributed by atoms with Gasteiger partial charge in [-0.3, -0.25) is 10.1 Å². The predicted octanol–water partition coefficient (Wildman–Crippen LogP) is 4.84. The number of benzene rings is 1. The highest BCUT2D eigenvalue weighted by Gasteiger charge is 2.29. The van der Waals surface area contributed by atoms with Gasteiger partial charge in [-0.15, -0.1) is 11.3 Å². The van der Waals surface area contributed by atoms with Crippen LogP contribution in [0.4, 0.5) is 11.4 Å². The number of non-ortho nitro benzene ring substituents is 1. The van der Waals surface area contributed by atoms with Crippen LogP contribution in [0, 0.1) is 10.1 Å². The molecular formula is C15H14ClN3O2S2. The highest BCUT2D eigenvalue weighted by molar-refractivity contribution is 7.80. The van der Waals surface area contributed by atoms with Gasteiger partial charge in [0.25, 0.3) is 5.69 Å². The van der Waals surface area contributed by atoms with Crippen LogP contribution >= 0.6 is 35.2 Å². The second-order valence-corrected chi connectivity index (χ2v) is 6.99. The molecule has 3 rings (SSSR count). The summed E-state index contributed by atoms with van der Waals surface area (Å²) >= 11 is 13.3. The molecule has 8 heteroatoms. The lowest BCUT2D eigenvalue weighted by Gasteiger charge is -2.27. The topological polar surface area (TPSA) is 58.4 Å². The van der Waals surface area contributed by atoms with E-state index in [2.05, 4.69) is 21.7 Å². The van der Waals surface area contributed by atoms with Gasteiger partial charge in [-0.1, -0.05) is 17.7 Å². The molecule has 1 aliphatic rings. The number of nitrogens with zero attached hydrogens (tertiary/aromatic N) is 2. The average Bonchev–Trinajstić information content (AvgIpc) is 3.19. The Balaban J connectivity index is 1.79. The number of hydrogen-bond acceptors (Lipinski definition) is 4. The van der Waals surface area contributed by atoms with E-state index in [1.807, 2.05) is 6.07 Å². The van der Waals surface area contributed by atoms with Crippen LogP contribution in [0.15, 0.2) is 35.7 Å². The van der Waals surface area contributed by atoms with Crippen molar-refractivity contribution in [3.8, 4) is 0 Å². The van der Waals surface area contributed by atoms with Crippen molar-refractivity contribution in [2.24, 2.45) is 0 Å². The highest BCUT2D eigenvalue weighted by atomic mass is 35.5. The molecule has 23 heavy (non-hydrogen) atoms. The van der Waals surface area contributed by atoms with Crippen LogP contribution in [0.2, 0.25) is 5.02 Å². The van der Waals surface area contributed by atoms with Crippen molar-refractivity contribution in [3.63, 3.8) is 0 Å². The zero-order valence-corrected chi connectivity index (χ0v) is 14.5. The summed E-state index contributed by atoms with van der Waals surface area (Å²) < 4.78 is 0. The lowest BCUT2D eigenvalue weighted by atomic mass is 10.2. The molecule has 0 saturated carbocycles. The number of thiocarbonyl (C=S) groups is 1. The van der Waals surface area contributed by atoms with Gasteiger partial charge in [0.2, 0.25) is 0 Å². The fourth-order valence-electron chi connectivity index (χ4n) is 2.70. The maximum absolute atomic E-state index is 10.9. The van der Waals surface area contributed by atoms with Gasteiger partial charge in [-0.05, 0) is 42.6 Å². The summed E-state index contributed by atoms with van der Waals surface area (Å²) in [4.78, 5) is 13.9. The van der Waals surface area contributed by atoms with Gasteiger partial charge in [0.15, 0.2) is 5.11 Å². The molecule has 1 N–H and O–H groups in total. The van der Waals surface area contributed by atoms with E-state index in [4.69, 9.17) is 23.8 Å². The summed E-state index contributed by atoms with van der Waals surface area (Å²) in [6.07, 6.45) is 2.11. The lowest BCUT2D eigenvalue weighted by molar-refractivity contribution is -0.384. The van der Waals surface area contributed by atoms with Crippen LogP contribution in [0.3, 0.4) is 0 Å². The Morgan fingerprint density at radius 2 is 2.30 bits per heavy atom. The summed E-state index contributed by atoms with van der Waals surface area (Å²) in [5, 5.41) is 17.0. The quantitative estimate of drug-likeness (QED) is 0.477. The Morgan fingerprint density at radius 1 is 1.48 bits per heavy atom. The molecule has 0 amide bonds. The molecule has 0 unspecified atom stereocenters. The monoisotopic (exact) mass is 367 g/mol. The third-order valence-electron chi connectivity index (χ3n) is 3.79. The van der Waals surface area contributed by atoms with Gasteiger partial charge in [-0.2, -0.15) is 0 Å². The predicted molar refractivity (Wildman–Crippen MR) is 97.3 cm³/mol. The van der Waals surface area contributed by atoms with Crippen LogP contribution in [0.5, 0.6) is 0 Å². The summed E-state index contributed by atoms with van der Waals surface area (Å²) in [6.45, 7) is 0.862. The maximum atomic E-state index is 10.9. The van der Waals surface area contributed by atoms with E-state index < -0.39 is 4.92 Å². The van der Waals surface area contributed by atoms with Gasteiger partial charge in [0.05, 0.1) is 21.7 Å². The first kappa shape index (κ1) is 16.2. The van der Waals surface area contributed by atoms with E-state index in [-0.39, 0.29) is 11.7 Å². The van der Waals surface area contributed by atoms with Gasteiger partial charge in [0, 0.05) is 23.6 Å². The van der Waals surface area contributed by atoms with E-state index in [1.54, 1.807) is 11.3 Å². The Labute approximate surface area is 148 Å². The molecule has 0 aliphatic carbocycles. The van der Waals surface area contributed by atoms with E-state index in [0.717, 1.165) is 19.4 Å². The first-order chi connectivity index (χ1) is 11.1. The number of nitro groups is 1. The van der Waals surface area contributed by atoms with Gasteiger partial charge in [0.1, 0.15) is 0 Å². The SMILES string of the molecule is O=[N+]([O-])c1ccc(Cl)c(NC(=S)N2CCC[C@@H]2c2cccs2)c1. The number of rotatable bonds is 3. The largest absolute Gasteiger partial charge is 0.341 e. The molecule has 120 valence electrons. The van der Waals surface area contributed by atoms with Gasteiger partial charge < -0.3 is 10.2 Å². The number of nitrogens with one attached hydrogen (secondary N) is 1. The maximum Gasteiger partial charge on any atom is 0.271 e. The smallest absolute Gasteiger partial charge is 0.271 e. The minimum Gasteiger partial charge on any atom is -0.341 e. The number of hydrogen-bond donors (Lipinski definition) is 1. The summed E-state index contributed by atoms with van der Waals surface area (Å²) in [6, 6.07) is 8.69. The van der Waals surface area contributed by atoms with Crippen molar-refractivity contribution >= 4 is 51.6 Å². The minimum absolute atomic E-state index is 0.0177. The van der Waals surface area contributed by atoms with E-state index >= 15 is 0 Å². The fraction of sp³-hybridized carbons (Fsp3) is 0.267. The molecule has 1 aliphatic heterocycles. The summed E-state index contributed by atoms with van der Waals surface area (Å²) in [7, 11) is 0. The standard InChI is InChI=1S/C15H14ClN3O2S2/c16-11-6-5-10(19(20)21)9-12(11)17-15(22)18-7-1-3-13(18)14-4-2-8-23-14/h2,4-6,8-9,13H,1,3,7H2,(H,17,22)/t13-/m1/s1. The summed E-state index contributed by atoms with van der Waals surface area (Å²) in [5.41, 5.74) is 0.443. The average molecular weight is 368 g/mol. The molecule has 1 fully saturated rings. The van der Waals surface area contributed by atoms with Crippen molar-refractivity contribution in [2.45, 2.75) is 18.9 Å². The first-order valence-electron chi connectivity index (χ1n) is 7.11. The molecule has 1 aromatic carbocycles. The number of halogens is 1. The van der Waals surface area contributed by atoms with Crippen molar-refractivity contribution in [2.75, 3.05) is 11.9 Å². The number of nitro benzene ring substituents is 1. The van der Waals surface area contributed by atoms with Gasteiger partial charge >= 0.3 is 0 Å². The van der Waals surface area contributed by atoms with E-state index in [9.17, 15) is 10.1 Å². The zero-order valence-electron chi connectivity index (χ0n) is 12.1. The molecule has 1 aromatic heterocycles. The minimum atomic E-state index is -0.450. The van der Waals surface area contributed by atoms with Crippen molar-refractivity contribution < 1.29 is 4.92 Å². The highest BCUT2D eigenvalue weighted by Crippen LogP contribution is 2.35. The van der Waals surface area contributed by atoms with Crippen molar-refractivity contribution in [1.82, 2.24) is 4.90 Å². The molecular weight excluding hydrogens is 354 g/mol. The number of anilines is 1. The Hall–Kier alpha value is -1.70. The van der Waals surface area contributed by atoms with Crippen LogP contribution in [0.1, 0.15) is 23.8 Å². The second-order valence-electron chi connectivity index (χ2n) is 5.22. The zero-order chi connectivity index (χ0) is 16.4.